The number of amides is 1. The van der Waals surface area contributed by atoms with Crippen molar-refractivity contribution in [3.63, 3.8) is 0 Å². The monoisotopic (exact) mass is 231 g/mol. The van der Waals surface area contributed by atoms with E-state index in [9.17, 15) is 9.18 Å². The fourth-order valence-electron chi connectivity index (χ4n) is 1.97. The van der Waals surface area contributed by atoms with E-state index in [1.807, 2.05) is 20.8 Å². The van der Waals surface area contributed by atoms with Crippen LogP contribution in [0.3, 0.4) is 0 Å². The van der Waals surface area contributed by atoms with E-state index in [1.165, 1.54) is 6.92 Å². The molecule has 1 rings (SSSR count). The first kappa shape index (κ1) is 13.4. The number of likely N-dealkylation sites (tertiary alicyclic amines) is 1. The van der Waals surface area contributed by atoms with Crippen molar-refractivity contribution in [3.8, 4) is 0 Å². The number of carbonyl (C=O) groups excluding carboxylic acids is 1. The molecule has 1 aliphatic rings. The minimum atomic E-state index is -1.25. The molecular formula is C12H22FNO2. The SMILES string of the molecule is CC(F)OC1CCCN(C(=O)C(C)(C)C)C1. The molecule has 0 N–H and O–H groups in total. The predicted molar refractivity (Wildman–Crippen MR) is 60.7 cm³/mol. The molecule has 1 saturated heterocycles. The Balaban J connectivity index is 2.54. The third-order valence-electron chi connectivity index (χ3n) is 2.69. The van der Waals surface area contributed by atoms with Crippen LogP contribution in [-0.4, -0.2) is 36.4 Å². The number of ether oxygens (including phenoxy) is 1. The molecule has 1 aliphatic heterocycles. The number of alkyl halides is 1. The van der Waals surface area contributed by atoms with Gasteiger partial charge in [-0.05, 0) is 19.8 Å². The van der Waals surface area contributed by atoms with E-state index in [1.54, 1.807) is 4.90 Å². The minimum Gasteiger partial charge on any atom is -0.343 e. The molecule has 0 saturated carbocycles. The third kappa shape index (κ3) is 3.74. The van der Waals surface area contributed by atoms with Crippen molar-refractivity contribution in [3.05, 3.63) is 0 Å². The molecule has 0 aliphatic carbocycles. The van der Waals surface area contributed by atoms with E-state index >= 15 is 0 Å². The van der Waals surface area contributed by atoms with Gasteiger partial charge >= 0.3 is 0 Å². The molecule has 2 unspecified atom stereocenters. The Morgan fingerprint density at radius 3 is 2.62 bits per heavy atom. The van der Waals surface area contributed by atoms with E-state index in [-0.39, 0.29) is 17.4 Å². The molecule has 0 spiro atoms. The van der Waals surface area contributed by atoms with Gasteiger partial charge in [-0.3, -0.25) is 4.79 Å². The largest absolute Gasteiger partial charge is 0.343 e. The Bertz CT molecular complexity index is 248. The van der Waals surface area contributed by atoms with Crippen LogP contribution in [0.1, 0.15) is 40.5 Å². The highest BCUT2D eigenvalue weighted by atomic mass is 19.1. The Morgan fingerprint density at radius 1 is 1.50 bits per heavy atom. The second kappa shape index (κ2) is 5.13. The standard InChI is InChI=1S/C12H22FNO2/c1-9(13)16-10-6-5-7-14(8-10)11(15)12(2,3)4/h9-10H,5-8H2,1-4H3. The van der Waals surface area contributed by atoms with E-state index < -0.39 is 6.36 Å². The van der Waals surface area contributed by atoms with Gasteiger partial charge in [-0.1, -0.05) is 20.8 Å². The molecule has 4 heteroatoms. The van der Waals surface area contributed by atoms with Crippen LogP contribution < -0.4 is 0 Å². The second-order valence-electron chi connectivity index (χ2n) is 5.44. The zero-order valence-corrected chi connectivity index (χ0v) is 10.6. The van der Waals surface area contributed by atoms with Gasteiger partial charge in [0.05, 0.1) is 6.10 Å². The topological polar surface area (TPSA) is 29.5 Å². The van der Waals surface area contributed by atoms with Gasteiger partial charge in [0.15, 0.2) is 6.36 Å². The quantitative estimate of drug-likeness (QED) is 0.730. The summed E-state index contributed by atoms with van der Waals surface area (Å²) in [7, 11) is 0. The second-order valence-corrected chi connectivity index (χ2v) is 5.44. The molecule has 16 heavy (non-hydrogen) atoms. The van der Waals surface area contributed by atoms with Crippen LogP contribution in [0, 0.1) is 5.41 Å². The Labute approximate surface area is 96.9 Å². The Hall–Kier alpha value is -0.640. The fraction of sp³-hybridized carbons (Fsp3) is 0.917. The molecule has 0 aromatic heterocycles. The predicted octanol–water partition coefficient (Wildman–Crippen LogP) is 2.36. The lowest BCUT2D eigenvalue weighted by Gasteiger charge is -2.36. The fourth-order valence-corrected chi connectivity index (χ4v) is 1.97. The lowest BCUT2D eigenvalue weighted by atomic mass is 9.93. The zero-order valence-electron chi connectivity index (χ0n) is 10.6. The van der Waals surface area contributed by atoms with Crippen molar-refractivity contribution in [2.45, 2.75) is 53.0 Å². The summed E-state index contributed by atoms with van der Waals surface area (Å²) in [5.41, 5.74) is -0.372. The maximum atomic E-state index is 12.7. The van der Waals surface area contributed by atoms with Crippen LogP contribution >= 0.6 is 0 Å². The van der Waals surface area contributed by atoms with Crippen molar-refractivity contribution >= 4 is 5.91 Å². The summed E-state index contributed by atoms with van der Waals surface area (Å²) in [5, 5.41) is 0. The van der Waals surface area contributed by atoms with Crippen molar-refractivity contribution < 1.29 is 13.9 Å². The number of hydrogen-bond donors (Lipinski definition) is 0. The highest BCUT2D eigenvalue weighted by Gasteiger charge is 2.31. The van der Waals surface area contributed by atoms with Crippen LogP contribution in [0.5, 0.6) is 0 Å². The molecule has 94 valence electrons. The van der Waals surface area contributed by atoms with E-state index in [4.69, 9.17) is 4.74 Å². The van der Waals surface area contributed by atoms with Gasteiger partial charge in [-0.25, -0.2) is 4.39 Å². The number of rotatable bonds is 2. The van der Waals surface area contributed by atoms with Gasteiger partial charge in [0.2, 0.25) is 5.91 Å². The number of nitrogens with zero attached hydrogens (tertiary/aromatic N) is 1. The minimum absolute atomic E-state index is 0.118. The van der Waals surface area contributed by atoms with Gasteiger partial charge < -0.3 is 9.64 Å². The van der Waals surface area contributed by atoms with Crippen molar-refractivity contribution in [1.82, 2.24) is 4.90 Å². The van der Waals surface area contributed by atoms with Crippen molar-refractivity contribution in [1.29, 1.82) is 0 Å². The van der Waals surface area contributed by atoms with Gasteiger partial charge in [0, 0.05) is 18.5 Å². The molecule has 1 fully saturated rings. The average Bonchev–Trinajstić information content (AvgIpc) is 2.14. The van der Waals surface area contributed by atoms with Crippen LogP contribution in [0.4, 0.5) is 4.39 Å². The lowest BCUT2D eigenvalue weighted by molar-refractivity contribution is -0.148. The van der Waals surface area contributed by atoms with Crippen LogP contribution in [-0.2, 0) is 9.53 Å². The first-order valence-corrected chi connectivity index (χ1v) is 5.89. The van der Waals surface area contributed by atoms with E-state index in [0.29, 0.717) is 6.54 Å². The summed E-state index contributed by atoms with van der Waals surface area (Å²) >= 11 is 0. The maximum Gasteiger partial charge on any atom is 0.228 e. The molecule has 0 aromatic rings. The molecule has 1 heterocycles. The number of carbonyl (C=O) groups is 1. The molecular weight excluding hydrogens is 209 g/mol. The zero-order chi connectivity index (χ0) is 12.3. The Kier molecular flexibility index (Phi) is 4.30. The third-order valence-corrected chi connectivity index (χ3v) is 2.69. The lowest BCUT2D eigenvalue weighted by Crippen LogP contribution is -2.47. The smallest absolute Gasteiger partial charge is 0.228 e. The molecule has 0 bridgehead atoms. The summed E-state index contributed by atoms with van der Waals surface area (Å²) in [6.45, 7) is 8.36. The highest BCUT2D eigenvalue weighted by Crippen LogP contribution is 2.22. The summed E-state index contributed by atoms with van der Waals surface area (Å²) in [4.78, 5) is 13.8. The summed E-state index contributed by atoms with van der Waals surface area (Å²) < 4.78 is 17.8. The highest BCUT2D eigenvalue weighted by molar-refractivity contribution is 5.81. The molecule has 2 atom stereocenters. The average molecular weight is 231 g/mol. The van der Waals surface area contributed by atoms with Crippen LogP contribution in [0.2, 0.25) is 0 Å². The number of halogens is 1. The normalized spacial score (nSPS) is 24.3. The van der Waals surface area contributed by atoms with Crippen LogP contribution in [0.15, 0.2) is 0 Å². The number of piperidine rings is 1. The molecule has 0 aromatic carbocycles. The summed E-state index contributed by atoms with van der Waals surface area (Å²) in [6.07, 6.45) is 0.316. The van der Waals surface area contributed by atoms with Gasteiger partial charge in [-0.2, -0.15) is 0 Å². The van der Waals surface area contributed by atoms with Crippen LogP contribution in [0.25, 0.3) is 0 Å². The van der Waals surface area contributed by atoms with Gasteiger partial charge in [-0.15, -0.1) is 0 Å². The number of hydrogen-bond acceptors (Lipinski definition) is 2. The van der Waals surface area contributed by atoms with Gasteiger partial charge in [0.25, 0.3) is 0 Å². The van der Waals surface area contributed by atoms with E-state index in [0.717, 1.165) is 19.4 Å². The maximum absolute atomic E-state index is 12.7. The Morgan fingerprint density at radius 2 is 2.12 bits per heavy atom. The van der Waals surface area contributed by atoms with Crippen molar-refractivity contribution in [2.24, 2.45) is 5.41 Å². The first-order chi connectivity index (χ1) is 7.30. The summed E-state index contributed by atoms with van der Waals surface area (Å²) in [6, 6.07) is 0. The molecule has 3 nitrogen and oxygen atoms in total. The van der Waals surface area contributed by atoms with E-state index in [2.05, 4.69) is 0 Å². The molecule has 1 amide bonds. The summed E-state index contributed by atoms with van der Waals surface area (Å²) in [5.74, 6) is 0.118. The molecule has 0 radical (unpaired) electrons. The van der Waals surface area contributed by atoms with Crippen molar-refractivity contribution in [2.75, 3.05) is 13.1 Å². The first-order valence-electron chi connectivity index (χ1n) is 5.89. The van der Waals surface area contributed by atoms with Gasteiger partial charge in [0.1, 0.15) is 0 Å².